The molecular weight excluding hydrogens is 292 g/mol. The summed E-state index contributed by atoms with van der Waals surface area (Å²) in [6.45, 7) is 3.59. The molecule has 1 aromatic heterocycles. The van der Waals surface area contributed by atoms with E-state index >= 15 is 0 Å². The highest BCUT2D eigenvalue weighted by Gasteiger charge is 2.15. The fourth-order valence-corrected chi connectivity index (χ4v) is 2.54. The number of hydrogen-bond acceptors (Lipinski definition) is 6. The van der Waals surface area contributed by atoms with Crippen molar-refractivity contribution < 1.29 is 9.47 Å². The van der Waals surface area contributed by atoms with Gasteiger partial charge in [0.25, 0.3) is 0 Å². The maximum Gasteiger partial charge on any atom is 0.229 e. The molecule has 0 bridgehead atoms. The number of rotatable bonds is 6. The molecule has 1 aromatic carbocycles. The minimum Gasteiger partial charge on any atom is -0.497 e. The lowest BCUT2D eigenvalue weighted by Crippen LogP contribution is -2.19. The highest BCUT2D eigenvalue weighted by atomic mass is 16.5. The third-order valence-corrected chi connectivity index (χ3v) is 3.74. The van der Waals surface area contributed by atoms with Crippen molar-refractivity contribution in [1.82, 2.24) is 9.97 Å². The third-order valence-electron chi connectivity index (χ3n) is 3.74. The highest BCUT2D eigenvalue weighted by Crippen LogP contribution is 2.19. The summed E-state index contributed by atoms with van der Waals surface area (Å²) in [4.78, 5) is 8.94. The Balaban J connectivity index is 1.66. The van der Waals surface area contributed by atoms with Crippen LogP contribution in [-0.2, 0) is 4.74 Å². The van der Waals surface area contributed by atoms with E-state index in [0.717, 1.165) is 48.9 Å². The zero-order valence-electron chi connectivity index (χ0n) is 13.5. The summed E-state index contributed by atoms with van der Waals surface area (Å²) in [5.74, 6) is 2.20. The van der Waals surface area contributed by atoms with Gasteiger partial charge in [-0.25, -0.2) is 4.98 Å². The van der Waals surface area contributed by atoms with Gasteiger partial charge in [0, 0.05) is 30.6 Å². The van der Waals surface area contributed by atoms with Crippen LogP contribution < -0.4 is 15.4 Å². The van der Waals surface area contributed by atoms with Gasteiger partial charge in [0.2, 0.25) is 5.95 Å². The molecular formula is C17H22N4O2. The number of nitrogens with one attached hydrogen (secondary N) is 2. The zero-order chi connectivity index (χ0) is 16.1. The Hall–Kier alpha value is -2.34. The Morgan fingerprint density at radius 1 is 1.26 bits per heavy atom. The largest absolute Gasteiger partial charge is 0.497 e. The Kier molecular flexibility index (Phi) is 4.92. The van der Waals surface area contributed by atoms with Crippen LogP contribution >= 0.6 is 0 Å². The SMILES string of the molecule is COc1ccc(Nc2nc(C)cc(NCC3CCCO3)n2)cc1. The molecule has 0 radical (unpaired) electrons. The number of nitrogens with zero attached hydrogens (tertiary/aromatic N) is 2. The lowest BCUT2D eigenvalue weighted by Gasteiger charge is -2.13. The lowest BCUT2D eigenvalue weighted by molar-refractivity contribution is 0.120. The second-order valence-electron chi connectivity index (χ2n) is 5.59. The molecule has 0 saturated carbocycles. The summed E-state index contributed by atoms with van der Waals surface area (Å²) in [6, 6.07) is 9.60. The van der Waals surface area contributed by atoms with E-state index < -0.39 is 0 Å². The van der Waals surface area contributed by atoms with Crippen molar-refractivity contribution in [2.75, 3.05) is 30.9 Å². The number of ether oxygens (including phenoxy) is 2. The van der Waals surface area contributed by atoms with Crippen LogP contribution in [0.5, 0.6) is 5.75 Å². The van der Waals surface area contributed by atoms with E-state index in [2.05, 4.69) is 20.6 Å². The van der Waals surface area contributed by atoms with E-state index in [1.807, 2.05) is 37.3 Å². The fourth-order valence-electron chi connectivity index (χ4n) is 2.54. The molecule has 6 heteroatoms. The molecule has 122 valence electrons. The predicted octanol–water partition coefficient (Wildman–Crippen LogP) is 3.13. The first-order valence-electron chi connectivity index (χ1n) is 7.85. The summed E-state index contributed by atoms with van der Waals surface area (Å²) in [5, 5.41) is 6.55. The van der Waals surface area contributed by atoms with Crippen molar-refractivity contribution in [3.05, 3.63) is 36.0 Å². The molecule has 0 amide bonds. The normalized spacial score (nSPS) is 17.0. The standard InChI is InChI=1S/C17H22N4O2/c1-12-10-16(18-11-15-4-3-9-23-15)21-17(19-12)20-13-5-7-14(22-2)8-6-13/h5-8,10,15H,3-4,9,11H2,1-2H3,(H2,18,19,20,21). The highest BCUT2D eigenvalue weighted by molar-refractivity contribution is 5.56. The number of aromatic nitrogens is 2. The van der Waals surface area contributed by atoms with Crippen LogP contribution in [-0.4, -0.2) is 36.3 Å². The molecule has 0 spiro atoms. The number of benzene rings is 1. The van der Waals surface area contributed by atoms with Crippen molar-refractivity contribution in [3.63, 3.8) is 0 Å². The van der Waals surface area contributed by atoms with E-state index in [4.69, 9.17) is 9.47 Å². The Bertz CT molecular complexity index is 640. The maximum absolute atomic E-state index is 5.62. The van der Waals surface area contributed by atoms with E-state index in [9.17, 15) is 0 Å². The van der Waals surface area contributed by atoms with Crippen molar-refractivity contribution in [1.29, 1.82) is 0 Å². The van der Waals surface area contributed by atoms with Gasteiger partial charge in [0.05, 0.1) is 13.2 Å². The molecule has 3 rings (SSSR count). The van der Waals surface area contributed by atoms with Gasteiger partial charge in [0.1, 0.15) is 11.6 Å². The van der Waals surface area contributed by atoms with Gasteiger partial charge in [-0.15, -0.1) is 0 Å². The summed E-state index contributed by atoms with van der Waals surface area (Å²) >= 11 is 0. The van der Waals surface area contributed by atoms with Gasteiger partial charge in [-0.2, -0.15) is 4.98 Å². The molecule has 1 atom stereocenters. The van der Waals surface area contributed by atoms with Crippen LogP contribution in [0.15, 0.2) is 30.3 Å². The molecule has 2 heterocycles. The Morgan fingerprint density at radius 2 is 2.09 bits per heavy atom. The fraction of sp³-hybridized carbons (Fsp3) is 0.412. The first-order chi connectivity index (χ1) is 11.2. The number of anilines is 3. The monoisotopic (exact) mass is 314 g/mol. The van der Waals surface area contributed by atoms with Gasteiger partial charge < -0.3 is 20.1 Å². The first-order valence-corrected chi connectivity index (χ1v) is 7.85. The third kappa shape index (κ3) is 4.32. The van der Waals surface area contributed by atoms with E-state index in [0.29, 0.717) is 5.95 Å². The predicted molar refractivity (Wildman–Crippen MR) is 90.5 cm³/mol. The summed E-state index contributed by atoms with van der Waals surface area (Å²) in [7, 11) is 1.65. The van der Waals surface area contributed by atoms with Gasteiger partial charge >= 0.3 is 0 Å². The summed E-state index contributed by atoms with van der Waals surface area (Å²) in [5.41, 5.74) is 1.83. The molecule has 1 fully saturated rings. The van der Waals surface area contributed by atoms with Crippen LogP contribution in [0.4, 0.5) is 17.5 Å². The molecule has 1 aliphatic rings. The van der Waals surface area contributed by atoms with Crippen LogP contribution in [0.3, 0.4) is 0 Å². The van der Waals surface area contributed by atoms with Crippen molar-refractivity contribution in [2.24, 2.45) is 0 Å². The lowest BCUT2D eigenvalue weighted by atomic mass is 10.2. The molecule has 0 aliphatic carbocycles. The number of methoxy groups -OCH3 is 1. The van der Waals surface area contributed by atoms with Gasteiger partial charge in [0.15, 0.2) is 0 Å². The smallest absolute Gasteiger partial charge is 0.229 e. The van der Waals surface area contributed by atoms with Crippen LogP contribution in [0, 0.1) is 6.92 Å². The van der Waals surface area contributed by atoms with Gasteiger partial charge in [-0.05, 0) is 44.0 Å². The minimum absolute atomic E-state index is 0.281. The number of aryl methyl sites for hydroxylation is 1. The molecule has 2 N–H and O–H groups in total. The van der Waals surface area contributed by atoms with Crippen molar-refractivity contribution >= 4 is 17.5 Å². The van der Waals surface area contributed by atoms with Crippen LogP contribution in [0.25, 0.3) is 0 Å². The van der Waals surface area contributed by atoms with E-state index in [-0.39, 0.29) is 6.10 Å². The average molecular weight is 314 g/mol. The molecule has 1 saturated heterocycles. The molecule has 2 aromatic rings. The van der Waals surface area contributed by atoms with Crippen molar-refractivity contribution in [2.45, 2.75) is 25.9 Å². The average Bonchev–Trinajstić information content (AvgIpc) is 3.07. The molecule has 1 unspecified atom stereocenters. The number of hydrogen-bond donors (Lipinski definition) is 2. The van der Waals surface area contributed by atoms with E-state index in [1.54, 1.807) is 7.11 Å². The second kappa shape index (κ2) is 7.28. The topological polar surface area (TPSA) is 68.3 Å². The Morgan fingerprint density at radius 3 is 2.78 bits per heavy atom. The van der Waals surface area contributed by atoms with Crippen LogP contribution in [0.2, 0.25) is 0 Å². The zero-order valence-corrected chi connectivity index (χ0v) is 13.5. The van der Waals surface area contributed by atoms with Gasteiger partial charge in [-0.3, -0.25) is 0 Å². The first kappa shape index (κ1) is 15.6. The summed E-state index contributed by atoms with van der Waals surface area (Å²) < 4.78 is 10.8. The van der Waals surface area contributed by atoms with E-state index in [1.165, 1.54) is 0 Å². The second-order valence-corrected chi connectivity index (χ2v) is 5.59. The minimum atomic E-state index is 0.281. The molecule has 6 nitrogen and oxygen atoms in total. The molecule has 23 heavy (non-hydrogen) atoms. The van der Waals surface area contributed by atoms with Crippen molar-refractivity contribution in [3.8, 4) is 5.75 Å². The Labute approximate surface area is 136 Å². The van der Waals surface area contributed by atoms with Crippen LogP contribution in [0.1, 0.15) is 18.5 Å². The van der Waals surface area contributed by atoms with Gasteiger partial charge in [-0.1, -0.05) is 0 Å². The maximum atomic E-state index is 5.62. The molecule has 1 aliphatic heterocycles. The summed E-state index contributed by atoms with van der Waals surface area (Å²) in [6.07, 6.45) is 2.52. The quantitative estimate of drug-likeness (QED) is 0.854.